The van der Waals surface area contributed by atoms with Crippen molar-refractivity contribution in [2.24, 2.45) is 0 Å². The molecule has 1 aliphatic carbocycles. The highest BCUT2D eigenvalue weighted by Gasteiger charge is 2.08. The average Bonchev–Trinajstić information content (AvgIpc) is 2.19. The van der Waals surface area contributed by atoms with Crippen LogP contribution in [0.4, 0.5) is 5.82 Å². The fourth-order valence-electron chi connectivity index (χ4n) is 1.53. The molecular weight excluding hydrogens is 198 g/mol. The van der Waals surface area contributed by atoms with E-state index in [-0.39, 0.29) is 0 Å². The Morgan fingerprint density at radius 3 is 3.07 bits per heavy atom. The van der Waals surface area contributed by atoms with Crippen LogP contribution >= 0.6 is 11.6 Å². The number of allylic oxidation sites excluding steroid dienone is 1. The van der Waals surface area contributed by atoms with Gasteiger partial charge in [-0.15, -0.1) is 0 Å². The van der Waals surface area contributed by atoms with Crippen LogP contribution in [0.2, 0.25) is 5.15 Å². The number of nitrogens with zero attached hydrogens (tertiary/aromatic N) is 2. The second kappa shape index (κ2) is 4.42. The van der Waals surface area contributed by atoms with Crippen molar-refractivity contribution in [3.63, 3.8) is 0 Å². The van der Waals surface area contributed by atoms with E-state index in [9.17, 15) is 0 Å². The molecule has 1 N–H and O–H groups in total. The van der Waals surface area contributed by atoms with Gasteiger partial charge in [0, 0.05) is 6.04 Å². The Morgan fingerprint density at radius 2 is 2.36 bits per heavy atom. The summed E-state index contributed by atoms with van der Waals surface area (Å²) in [6, 6.07) is 0.372. The van der Waals surface area contributed by atoms with E-state index in [2.05, 4.69) is 27.4 Å². The number of aromatic nitrogens is 2. The Labute approximate surface area is 88.2 Å². The molecule has 0 saturated heterocycles. The molecule has 0 aromatic carbocycles. The van der Waals surface area contributed by atoms with Gasteiger partial charge in [-0.3, -0.25) is 4.98 Å². The Morgan fingerprint density at radius 1 is 1.43 bits per heavy atom. The number of nitrogens with one attached hydrogen (secondary N) is 1. The lowest BCUT2D eigenvalue weighted by atomic mass is 10.0. The highest BCUT2D eigenvalue weighted by Crippen LogP contribution is 2.15. The van der Waals surface area contributed by atoms with Gasteiger partial charge in [-0.2, -0.15) is 0 Å². The van der Waals surface area contributed by atoms with Gasteiger partial charge >= 0.3 is 0 Å². The summed E-state index contributed by atoms with van der Waals surface area (Å²) in [6.07, 6.45) is 11.1. The van der Waals surface area contributed by atoms with Crippen LogP contribution in [0.25, 0.3) is 0 Å². The van der Waals surface area contributed by atoms with Crippen LogP contribution in [0.15, 0.2) is 24.5 Å². The molecule has 1 aliphatic rings. The van der Waals surface area contributed by atoms with Crippen LogP contribution in [-0.4, -0.2) is 16.0 Å². The molecule has 4 heteroatoms. The van der Waals surface area contributed by atoms with Gasteiger partial charge in [0.2, 0.25) is 0 Å². The molecule has 2 rings (SSSR count). The van der Waals surface area contributed by atoms with Gasteiger partial charge in [0.25, 0.3) is 0 Å². The summed E-state index contributed by atoms with van der Waals surface area (Å²) < 4.78 is 0. The maximum Gasteiger partial charge on any atom is 0.149 e. The van der Waals surface area contributed by atoms with Crippen LogP contribution < -0.4 is 5.32 Å². The minimum Gasteiger partial charge on any atom is -0.363 e. The summed E-state index contributed by atoms with van der Waals surface area (Å²) >= 11 is 5.73. The van der Waals surface area contributed by atoms with Crippen LogP contribution in [0.3, 0.4) is 0 Å². The van der Waals surface area contributed by atoms with Crippen molar-refractivity contribution in [2.45, 2.75) is 25.3 Å². The van der Waals surface area contributed by atoms with E-state index in [1.54, 1.807) is 6.20 Å². The second-order valence-electron chi connectivity index (χ2n) is 3.34. The predicted octanol–water partition coefficient (Wildman–Crippen LogP) is 2.65. The SMILES string of the molecule is Clc1cncc(NC2C=CCCC2)n1. The molecule has 14 heavy (non-hydrogen) atoms. The van der Waals surface area contributed by atoms with Gasteiger partial charge in [-0.1, -0.05) is 23.8 Å². The molecule has 1 unspecified atom stereocenters. The molecule has 0 spiro atoms. The number of rotatable bonds is 2. The molecule has 1 aromatic heterocycles. The molecular formula is C10H12ClN3. The molecule has 74 valence electrons. The lowest BCUT2D eigenvalue weighted by molar-refractivity contribution is 0.671. The summed E-state index contributed by atoms with van der Waals surface area (Å²) in [5.74, 6) is 0.744. The van der Waals surface area contributed by atoms with Crippen molar-refractivity contribution in [2.75, 3.05) is 5.32 Å². The van der Waals surface area contributed by atoms with Gasteiger partial charge in [0.15, 0.2) is 0 Å². The summed E-state index contributed by atoms with van der Waals surface area (Å²) in [5.41, 5.74) is 0. The lowest BCUT2D eigenvalue weighted by Gasteiger charge is -2.18. The average molecular weight is 210 g/mol. The Balaban J connectivity index is 2.02. The first-order valence-corrected chi connectivity index (χ1v) is 5.13. The smallest absolute Gasteiger partial charge is 0.149 e. The summed E-state index contributed by atoms with van der Waals surface area (Å²) in [6.45, 7) is 0. The summed E-state index contributed by atoms with van der Waals surface area (Å²) in [5, 5.41) is 3.70. The highest BCUT2D eigenvalue weighted by atomic mass is 35.5. The monoisotopic (exact) mass is 209 g/mol. The molecule has 0 bridgehead atoms. The van der Waals surface area contributed by atoms with E-state index in [4.69, 9.17) is 11.6 Å². The van der Waals surface area contributed by atoms with Crippen molar-refractivity contribution in [1.82, 2.24) is 9.97 Å². The number of hydrogen-bond acceptors (Lipinski definition) is 3. The van der Waals surface area contributed by atoms with Gasteiger partial charge in [-0.05, 0) is 19.3 Å². The van der Waals surface area contributed by atoms with Crippen LogP contribution in [-0.2, 0) is 0 Å². The molecule has 1 heterocycles. The van der Waals surface area contributed by atoms with Gasteiger partial charge in [0.05, 0.1) is 12.4 Å². The number of anilines is 1. The van der Waals surface area contributed by atoms with Gasteiger partial charge < -0.3 is 5.32 Å². The standard InChI is InChI=1S/C10H12ClN3/c11-9-6-12-7-10(14-9)13-8-4-2-1-3-5-8/h2,4,6-8H,1,3,5H2,(H,13,14). The number of halogens is 1. The third-order valence-corrected chi connectivity index (χ3v) is 2.37. The zero-order valence-electron chi connectivity index (χ0n) is 7.78. The molecule has 0 amide bonds. The first kappa shape index (κ1) is 9.46. The van der Waals surface area contributed by atoms with Crippen molar-refractivity contribution in [3.8, 4) is 0 Å². The molecule has 0 aliphatic heterocycles. The Bertz CT molecular complexity index is 338. The first-order chi connectivity index (χ1) is 6.84. The Hall–Kier alpha value is -1.09. The van der Waals surface area contributed by atoms with Crippen molar-refractivity contribution in [1.29, 1.82) is 0 Å². The topological polar surface area (TPSA) is 37.8 Å². The van der Waals surface area contributed by atoms with Gasteiger partial charge in [-0.25, -0.2) is 4.98 Å². The van der Waals surface area contributed by atoms with E-state index in [1.165, 1.54) is 19.0 Å². The largest absolute Gasteiger partial charge is 0.363 e. The lowest BCUT2D eigenvalue weighted by Crippen LogP contribution is -2.19. The molecule has 3 nitrogen and oxygen atoms in total. The van der Waals surface area contributed by atoms with E-state index >= 15 is 0 Å². The van der Waals surface area contributed by atoms with E-state index < -0.39 is 0 Å². The zero-order chi connectivity index (χ0) is 9.80. The summed E-state index contributed by atoms with van der Waals surface area (Å²) in [7, 11) is 0. The quantitative estimate of drug-likeness (QED) is 0.761. The fraction of sp³-hybridized carbons (Fsp3) is 0.400. The normalized spacial score (nSPS) is 20.8. The number of hydrogen-bond donors (Lipinski definition) is 1. The maximum atomic E-state index is 5.73. The van der Waals surface area contributed by atoms with Crippen LogP contribution in [0, 0.1) is 0 Å². The molecule has 1 atom stereocenters. The highest BCUT2D eigenvalue weighted by molar-refractivity contribution is 6.29. The van der Waals surface area contributed by atoms with Crippen molar-refractivity contribution >= 4 is 17.4 Å². The van der Waals surface area contributed by atoms with Crippen molar-refractivity contribution in [3.05, 3.63) is 29.7 Å². The zero-order valence-corrected chi connectivity index (χ0v) is 8.54. The fourth-order valence-corrected chi connectivity index (χ4v) is 1.68. The van der Waals surface area contributed by atoms with Crippen molar-refractivity contribution < 1.29 is 0 Å². The third-order valence-electron chi connectivity index (χ3n) is 2.19. The van der Waals surface area contributed by atoms with E-state index in [1.807, 2.05) is 0 Å². The van der Waals surface area contributed by atoms with E-state index in [0.717, 1.165) is 12.2 Å². The minimum absolute atomic E-state index is 0.372. The first-order valence-electron chi connectivity index (χ1n) is 4.75. The molecule has 0 fully saturated rings. The molecule has 1 aromatic rings. The van der Waals surface area contributed by atoms with Crippen LogP contribution in [0.5, 0.6) is 0 Å². The van der Waals surface area contributed by atoms with Crippen LogP contribution in [0.1, 0.15) is 19.3 Å². The summed E-state index contributed by atoms with van der Waals surface area (Å²) in [4.78, 5) is 8.09. The van der Waals surface area contributed by atoms with E-state index in [0.29, 0.717) is 11.2 Å². The minimum atomic E-state index is 0.372. The molecule has 0 radical (unpaired) electrons. The Kier molecular flexibility index (Phi) is 2.99. The second-order valence-corrected chi connectivity index (χ2v) is 3.72. The third kappa shape index (κ3) is 2.45. The van der Waals surface area contributed by atoms with Gasteiger partial charge in [0.1, 0.15) is 11.0 Å². The predicted molar refractivity (Wildman–Crippen MR) is 57.4 cm³/mol. The molecule has 0 saturated carbocycles. The maximum absolute atomic E-state index is 5.73.